The molecule has 1 aliphatic heterocycles. The van der Waals surface area contributed by atoms with E-state index in [1.54, 1.807) is 29.2 Å². The molecule has 2 amide bonds. The molecule has 1 heterocycles. The van der Waals surface area contributed by atoms with Gasteiger partial charge in [-0.2, -0.15) is 0 Å². The Morgan fingerprint density at radius 1 is 1.11 bits per heavy atom. The van der Waals surface area contributed by atoms with Crippen molar-refractivity contribution in [2.75, 3.05) is 37.4 Å². The molecule has 0 atom stereocenters. The lowest BCUT2D eigenvalue weighted by atomic mass is 10.1. The number of carbonyl (C=O) groups excluding carboxylic acids is 2. The Hall–Kier alpha value is -2.57. The molecule has 144 valence electrons. The summed E-state index contributed by atoms with van der Waals surface area (Å²) < 4.78 is 5.29. The van der Waals surface area contributed by atoms with E-state index in [0.717, 1.165) is 11.1 Å². The number of rotatable bonds is 4. The van der Waals surface area contributed by atoms with E-state index < -0.39 is 0 Å². The molecule has 0 aliphatic carbocycles. The van der Waals surface area contributed by atoms with E-state index in [9.17, 15) is 9.59 Å². The summed E-state index contributed by atoms with van der Waals surface area (Å²) in [6, 6.07) is 12.6. The van der Waals surface area contributed by atoms with Crippen LogP contribution in [0.1, 0.15) is 21.5 Å². The number of anilines is 2. The number of halogens is 1. The quantitative estimate of drug-likeness (QED) is 0.787. The Morgan fingerprint density at radius 3 is 2.44 bits per heavy atom. The van der Waals surface area contributed by atoms with Crippen LogP contribution in [0.2, 0.25) is 0 Å². The molecule has 7 heteroatoms. The van der Waals surface area contributed by atoms with Gasteiger partial charge in [0.2, 0.25) is 5.91 Å². The highest BCUT2D eigenvalue weighted by Gasteiger charge is 2.19. The van der Waals surface area contributed by atoms with Gasteiger partial charge in [-0.15, -0.1) is 12.4 Å². The highest BCUT2D eigenvalue weighted by atomic mass is 35.5. The van der Waals surface area contributed by atoms with Crippen LogP contribution in [-0.4, -0.2) is 43.0 Å². The van der Waals surface area contributed by atoms with E-state index in [4.69, 9.17) is 10.5 Å². The summed E-state index contributed by atoms with van der Waals surface area (Å²) in [7, 11) is 0. The van der Waals surface area contributed by atoms with Gasteiger partial charge in [-0.05, 0) is 42.3 Å². The third-order valence-electron chi connectivity index (χ3n) is 4.40. The fourth-order valence-corrected chi connectivity index (χ4v) is 2.85. The van der Waals surface area contributed by atoms with E-state index in [1.165, 1.54) is 0 Å². The molecule has 1 aliphatic rings. The summed E-state index contributed by atoms with van der Waals surface area (Å²) in [5.74, 6) is -0.170. The summed E-state index contributed by atoms with van der Waals surface area (Å²) in [6.45, 7) is 4.20. The van der Waals surface area contributed by atoms with E-state index in [1.807, 2.05) is 25.1 Å². The number of hydrogen-bond donors (Lipinski definition) is 2. The first kappa shape index (κ1) is 20.7. The number of morpholine rings is 1. The van der Waals surface area contributed by atoms with Gasteiger partial charge in [-0.3, -0.25) is 9.59 Å². The van der Waals surface area contributed by atoms with Crippen LogP contribution in [0.25, 0.3) is 0 Å². The number of ether oxygens (including phenoxy) is 1. The predicted molar refractivity (Wildman–Crippen MR) is 108 cm³/mol. The van der Waals surface area contributed by atoms with Crippen molar-refractivity contribution in [3.05, 3.63) is 59.2 Å². The van der Waals surface area contributed by atoms with Crippen molar-refractivity contribution in [3.8, 4) is 0 Å². The standard InChI is InChI=1S/C20H23N3O3.ClH/c1-14-2-5-16(20(25)23-8-10-26-11-9-23)13-18(14)22-19(24)12-15-3-6-17(21)7-4-15;/h2-7,13H,8-12,21H2,1H3,(H,22,24);1H. The second-order valence-electron chi connectivity index (χ2n) is 6.40. The van der Waals surface area contributed by atoms with Gasteiger partial charge in [-0.1, -0.05) is 18.2 Å². The monoisotopic (exact) mass is 389 g/mol. The maximum Gasteiger partial charge on any atom is 0.254 e. The van der Waals surface area contributed by atoms with Gasteiger partial charge in [0.05, 0.1) is 19.6 Å². The fourth-order valence-electron chi connectivity index (χ4n) is 2.85. The molecule has 3 rings (SSSR count). The molecule has 3 N–H and O–H groups in total. The predicted octanol–water partition coefficient (Wildman–Crippen LogP) is 2.65. The zero-order valence-corrected chi connectivity index (χ0v) is 16.1. The second kappa shape index (κ2) is 9.39. The van der Waals surface area contributed by atoms with E-state index in [-0.39, 0.29) is 30.6 Å². The minimum atomic E-state index is -0.131. The Balaban J connectivity index is 0.00000261. The zero-order chi connectivity index (χ0) is 18.5. The molecule has 0 saturated carbocycles. The van der Waals surface area contributed by atoms with Crippen molar-refractivity contribution in [2.45, 2.75) is 13.3 Å². The minimum absolute atomic E-state index is 0. The lowest BCUT2D eigenvalue weighted by molar-refractivity contribution is -0.115. The molecule has 6 nitrogen and oxygen atoms in total. The third kappa shape index (κ3) is 5.45. The maximum atomic E-state index is 12.6. The van der Waals surface area contributed by atoms with Crippen molar-refractivity contribution < 1.29 is 14.3 Å². The molecule has 1 fully saturated rings. The van der Waals surface area contributed by atoms with Crippen LogP contribution >= 0.6 is 12.4 Å². The highest BCUT2D eigenvalue weighted by Crippen LogP contribution is 2.19. The fraction of sp³-hybridized carbons (Fsp3) is 0.300. The Morgan fingerprint density at radius 2 is 1.78 bits per heavy atom. The van der Waals surface area contributed by atoms with Crippen molar-refractivity contribution in [2.24, 2.45) is 0 Å². The first-order chi connectivity index (χ1) is 12.5. The lowest BCUT2D eigenvalue weighted by Crippen LogP contribution is -2.40. The van der Waals surface area contributed by atoms with Crippen LogP contribution in [0.15, 0.2) is 42.5 Å². The zero-order valence-electron chi connectivity index (χ0n) is 15.2. The number of aryl methyl sites for hydroxylation is 1. The van der Waals surface area contributed by atoms with Gasteiger partial charge in [0.25, 0.3) is 5.91 Å². The first-order valence-corrected chi connectivity index (χ1v) is 8.65. The van der Waals surface area contributed by atoms with E-state index >= 15 is 0 Å². The van der Waals surface area contributed by atoms with Gasteiger partial charge >= 0.3 is 0 Å². The number of nitrogens with one attached hydrogen (secondary N) is 1. The molecular weight excluding hydrogens is 366 g/mol. The average Bonchev–Trinajstić information content (AvgIpc) is 2.65. The molecule has 2 aromatic rings. The van der Waals surface area contributed by atoms with Crippen LogP contribution < -0.4 is 11.1 Å². The smallest absolute Gasteiger partial charge is 0.254 e. The number of nitrogens with two attached hydrogens (primary N) is 1. The van der Waals surface area contributed by atoms with Crippen LogP contribution in [-0.2, 0) is 16.0 Å². The third-order valence-corrected chi connectivity index (χ3v) is 4.40. The number of carbonyl (C=O) groups is 2. The number of hydrogen-bond acceptors (Lipinski definition) is 4. The summed E-state index contributed by atoms with van der Waals surface area (Å²) in [6.07, 6.45) is 0.251. The maximum absolute atomic E-state index is 12.6. The van der Waals surface area contributed by atoms with Crippen molar-refractivity contribution >= 4 is 35.6 Å². The van der Waals surface area contributed by atoms with Crippen molar-refractivity contribution in [3.63, 3.8) is 0 Å². The molecular formula is C20H24ClN3O3. The van der Waals surface area contributed by atoms with Crippen LogP contribution in [0, 0.1) is 6.92 Å². The average molecular weight is 390 g/mol. The van der Waals surface area contributed by atoms with Crippen LogP contribution in [0.3, 0.4) is 0 Å². The second-order valence-corrected chi connectivity index (χ2v) is 6.40. The number of amides is 2. The van der Waals surface area contributed by atoms with Crippen LogP contribution in [0.4, 0.5) is 11.4 Å². The minimum Gasteiger partial charge on any atom is -0.399 e. The summed E-state index contributed by atoms with van der Waals surface area (Å²) in [4.78, 5) is 26.7. The van der Waals surface area contributed by atoms with Gasteiger partial charge in [0, 0.05) is 30.0 Å². The number of benzene rings is 2. The van der Waals surface area contributed by atoms with E-state index in [0.29, 0.717) is 43.2 Å². The molecule has 0 spiro atoms. The van der Waals surface area contributed by atoms with Gasteiger partial charge in [-0.25, -0.2) is 0 Å². The Kier molecular flexibility index (Phi) is 7.21. The molecule has 1 saturated heterocycles. The molecule has 0 bridgehead atoms. The van der Waals surface area contributed by atoms with Gasteiger partial charge in [0.15, 0.2) is 0 Å². The Labute approximate surface area is 165 Å². The van der Waals surface area contributed by atoms with Gasteiger partial charge in [0.1, 0.15) is 0 Å². The van der Waals surface area contributed by atoms with Crippen LogP contribution in [0.5, 0.6) is 0 Å². The lowest BCUT2D eigenvalue weighted by Gasteiger charge is -2.27. The summed E-state index contributed by atoms with van der Waals surface area (Å²) in [5, 5.41) is 2.91. The normalized spacial score (nSPS) is 13.6. The Bertz CT molecular complexity index is 803. The molecule has 0 radical (unpaired) electrons. The SMILES string of the molecule is Cc1ccc(C(=O)N2CCOCC2)cc1NC(=O)Cc1ccc(N)cc1.Cl. The topological polar surface area (TPSA) is 84.7 Å². The number of nitrogens with zero attached hydrogens (tertiary/aromatic N) is 1. The van der Waals surface area contributed by atoms with E-state index in [2.05, 4.69) is 5.32 Å². The molecule has 0 unspecified atom stereocenters. The molecule has 0 aromatic heterocycles. The van der Waals surface area contributed by atoms with Gasteiger partial charge < -0.3 is 20.7 Å². The largest absolute Gasteiger partial charge is 0.399 e. The number of nitrogen functional groups attached to an aromatic ring is 1. The summed E-state index contributed by atoms with van der Waals surface area (Å²) in [5.41, 5.74) is 9.35. The molecule has 2 aromatic carbocycles. The molecule has 27 heavy (non-hydrogen) atoms. The van der Waals surface area contributed by atoms with Crippen molar-refractivity contribution in [1.82, 2.24) is 4.90 Å². The summed E-state index contributed by atoms with van der Waals surface area (Å²) >= 11 is 0. The van der Waals surface area contributed by atoms with Crippen molar-refractivity contribution in [1.29, 1.82) is 0 Å². The highest BCUT2D eigenvalue weighted by molar-refractivity contribution is 5.98. The first-order valence-electron chi connectivity index (χ1n) is 8.65.